The Bertz CT molecular complexity index is 431. The summed E-state index contributed by atoms with van der Waals surface area (Å²) in [6.45, 7) is 3.72. The zero-order valence-electron chi connectivity index (χ0n) is 12.8. The molecule has 20 heavy (non-hydrogen) atoms. The number of aliphatic hydroxyl groups excluding tert-OH is 1. The molecule has 0 aliphatic rings. The van der Waals surface area contributed by atoms with E-state index in [2.05, 4.69) is 0 Å². The fourth-order valence-electron chi connectivity index (χ4n) is 2.08. The average molecular weight is 279 g/mol. The summed E-state index contributed by atoms with van der Waals surface area (Å²) in [4.78, 5) is 13.8. The molecule has 1 N–H and O–H groups in total. The van der Waals surface area contributed by atoms with Gasteiger partial charge in [0.1, 0.15) is 5.75 Å². The predicted molar refractivity (Wildman–Crippen MR) is 79.8 cm³/mol. The number of methoxy groups -OCH3 is 1. The van der Waals surface area contributed by atoms with Crippen molar-refractivity contribution in [1.29, 1.82) is 0 Å². The molecule has 0 saturated carbocycles. The van der Waals surface area contributed by atoms with Crippen LogP contribution in [0.15, 0.2) is 24.3 Å². The monoisotopic (exact) mass is 279 g/mol. The molecule has 1 aromatic rings. The van der Waals surface area contributed by atoms with E-state index in [1.165, 1.54) is 0 Å². The van der Waals surface area contributed by atoms with Crippen molar-refractivity contribution in [2.24, 2.45) is 0 Å². The summed E-state index contributed by atoms with van der Waals surface area (Å²) in [5.41, 5.74) is 1.10. The Morgan fingerprint density at radius 1 is 1.35 bits per heavy atom. The molecule has 0 aliphatic carbocycles. The lowest BCUT2D eigenvalue weighted by atomic mass is 10.0. The molecule has 1 aromatic carbocycles. The smallest absolute Gasteiger partial charge is 0.222 e. The van der Waals surface area contributed by atoms with Crippen molar-refractivity contribution in [1.82, 2.24) is 4.90 Å². The molecule has 0 fully saturated rings. The van der Waals surface area contributed by atoms with Crippen molar-refractivity contribution < 1.29 is 14.6 Å². The van der Waals surface area contributed by atoms with Gasteiger partial charge in [-0.05, 0) is 38.3 Å². The van der Waals surface area contributed by atoms with Gasteiger partial charge in [0, 0.05) is 19.5 Å². The number of hydrogen-bond acceptors (Lipinski definition) is 3. The highest BCUT2D eigenvalue weighted by Crippen LogP contribution is 2.20. The molecule has 0 heterocycles. The zero-order valence-corrected chi connectivity index (χ0v) is 12.8. The van der Waals surface area contributed by atoms with Crippen LogP contribution in [0.5, 0.6) is 5.75 Å². The molecule has 0 saturated heterocycles. The molecule has 1 amide bonds. The first kappa shape index (κ1) is 16.5. The molecule has 0 aromatic heterocycles. The third kappa shape index (κ3) is 4.85. The molecule has 4 nitrogen and oxygen atoms in total. The minimum Gasteiger partial charge on any atom is -0.496 e. The number of carbonyl (C=O) groups is 1. The number of likely N-dealkylation sites (N-methyl/N-ethyl adjacent to an activating group) is 1. The highest BCUT2D eigenvalue weighted by atomic mass is 16.5. The lowest BCUT2D eigenvalue weighted by molar-refractivity contribution is -0.132. The van der Waals surface area contributed by atoms with Gasteiger partial charge in [0.2, 0.25) is 5.91 Å². The van der Waals surface area contributed by atoms with E-state index in [-0.39, 0.29) is 11.9 Å². The summed E-state index contributed by atoms with van der Waals surface area (Å²) < 4.78 is 5.33. The quantitative estimate of drug-likeness (QED) is 0.833. The lowest BCUT2D eigenvalue weighted by Crippen LogP contribution is -2.36. The van der Waals surface area contributed by atoms with Crippen molar-refractivity contribution >= 4 is 5.91 Å². The van der Waals surface area contributed by atoms with Crippen LogP contribution in [0.25, 0.3) is 0 Å². The van der Waals surface area contributed by atoms with Crippen molar-refractivity contribution in [2.45, 2.75) is 45.3 Å². The molecule has 0 spiro atoms. The molecule has 2 atom stereocenters. The highest BCUT2D eigenvalue weighted by Gasteiger charge is 2.17. The number of ether oxygens (including phenoxy) is 1. The summed E-state index contributed by atoms with van der Waals surface area (Å²) in [7, 11) is 3.46. The lowest BCUT2D eigenvalue weighted by Gasteiger charge is -2.26. The van der Waals surface area contributed by atoms with Crippen LogP contribution in [0.4, 0.5) is 0 Å². The molecule has 4 heteroatoms. The van der Waals surface area contributed by atoms with Gasteiger partial charge in [-0.25, -0.2) is 0 Å². The second-order valence-electron chi connectivity index (χ2n) is 5.26. The van der Waals surface area contributed by atoms with Gasteiger partial charge in [0.25, 0.3) is 0 Å². The van der Waals surface area contributed by atoms with Crippen LogP contribution in [0.3, 0.4) is 0 Å². The van der Waals surface area contributed by atoms with E-state index in [1.807, 2.05) is 38.2 Å². The van der Waals surface area contributed by atoms with Gasteiger partial charge < -0.3 is 14.7 Å². The van der Waals surface area contributed by atoms with Crippen molar-refractivity contribution in [2.75, 3.05) is 14.2 Å². The van der Waals surface area contributed by atoms with Crippen LogP contribution in [-0.2, 0) is 11.2 Å². The van der Waals surface area contributed by atoms with E-state index in [0.717, 1.165) is 17.7 Å². The van der Waals surface area contributed by atoms with Crippen LogP contribution < -0.4 is 4.74 Å². The maximum atomic E-state index is 12.0. The molecule has 0 aliphatic heterocycles. The van der Waals surface area contributed by atoms with E-state index < -0.39 is 6.10 Å². The number of rotatable bonds is 7. The fourth-order valence-corrected chi connectivity index (χ4v) is 2.08. The number of carbonyl (C=O) groups excluding carboxylic acids is 1. The normalized spacial score (nSPS) is 13.7. The second kappa shape index (κ2) is 7.90. The fraction of sp³-hybridized carbons (Fsp3) is 0.562. The van der Waals surface area contributed by atoms with Crippen LogP contribution in [0.2, 0.25) is 0 Å². The van der Waals surface area contributed by atoms with Gasteiger partial charge in [0.05, 0.1) is 13.2 Å². The number of aliphatic hydroxyl groups is 1. The summed E-state index contributed by atoms with van der Waals surface area (Å²) in [5, 5.41) is 9.24. The highest BCUT2D eigenvalue weighted by molar-refractivity contribution is 5.76. The Balaban J connectivity index is 2.61. The molecule has 0 bridgehead atoms. The van der Waals surface area contributed by atoms with Crippen LogP contribution in [0, 0.1) is 0 Å². The minimum atomic E-state index is -0.433. The van der Waals surface area contributed by atoms with E-state index in [4.69, 9.17) is 4.74 Å². The van der Waals surface area contributed by atoms with E-state index in [0.29, 0.717) is 12.8 Å². The molecule has 112 valence electrons. The van der Waals surface area contributed by atoms with E-state index in [1.54, 1.807) is 18.9 Å². The Labute approximate surface area is 121 Å². The largest absolute Gasteiger partial charge is 0.496 e. The Hall–Kier alpha value is -1.55. The number of hydrogen-bond donors (Lipinski definition) is 1. The van der Waals surface area contributed by atoms with Gasteiger partial charge in [-0.3, -0.25) is 4.79 Å². The molecular weight excluding hydrogens is 254 g/mol. The van der Waals surface area contributed by atoms with Gasteiger partial charge in [-0.15, -0.1) is 0 Å². The number of amides is 1. The van der Waals surface area contributed by atoms with Gasteiger partial charge in [0.15, 0.2) is 0 Å². The summed E-state index contributed by atoms with van der Waals surface area (Å²) in [6, 6.07) is 7.94. The van der Waals surface area contributed by atoms with Crippen LogP contribution in [0.1, 0.15) is 32.3 Å². The standard InChI is InChI=1S/C16H25NO3/c1-12(17(3)16(19)10-9-13(2)18)11-14-7-5-6-8-15(14)20-4/h5-8,12-13,18H,9-11H2,1-4H3. The van der Waals surface area contributed by atoms with Crippen molar-refractivity contribution in [3.8, 4) is 5.75 Å². The summed E-state index contributed by atoms with van der Waals surface area (Å²) in [6.07, 6.45) is 1.20. The second-order valence-corrected chi connectivity index (χ2v) is 5.26. The van der Waals surface area contributed by atoms with Crippen molar-refractivity contribution in [3.63, 3.8) is 0 Å². The number of benzene rings is 1. The van der Waals surface area contributed by atoms with E-state index in [9.17, 15) is 9.90 Å². The van der Waals surface area contributed by atoms with Gasteiger partial charge >= 0.3 is 0 Å². The molecular formula is C16H25NO3. The minimum absolute atomic E-state index is 0.0632. The Morgan fingerprint density at radius 3 is 2.60 bits per heavy atom. The number of para-hydroxylation sites is 1. The first-order valence-electron chi connectivity index (χ1n) is 7.01. The van der Waals surface area contributed by atoms with Crippen molar-refractivity contribution in [3.05, 3.63) is 29.8 Å². The van der Waals surface area contributed by atoms with Gasteiger partial charge in [-0.1, -0.05) is 18.2 Å². The zero-order chi connectivity index (χ0) is 15.1. The summed E-state index contributed by atoms with van der Waals surface area (Å²) in [5.74, 6) is 0.914. The first-order valence-corrected chi connectivity index (χ1v) is 7.01. The topological polar surface area (TPSA) is 49.8 Å². The average Bonchev–Trinajstić information content (AvgIpc) is 2.44. The molecule has 1 rings (SSSR count). The van der Waals surface area contributed by atoms with Crippen LogP contribution in [-0.4, -0.2) is 42.2 Å². The maximum absolute atomic E-state index is 12.0. The van der Waals surface area contributed by atoms with Gasteiger partial charge in [-0.2, -0.15) is 0 Å². The molecule has 2 unspecified atom stereocenters. The first-order chi connectivity index (χ1) is 9.45. The number of nitrogens with zero attached hydrogens (tertiary/aromatic N) is 1. The molecule has 0 radical (unpaired) electrons. The predicted octanol–water partition coefficient (Wildman–Crippen LogP) is 2.25. The summed E-state index contributed by atoms with van der Waals surface area (Å²) >= 11 is 0. The third-order valence-corrected chi connectivity index (χ3v) is 3.54. The Morgan fingerprint density at radius 2 is 2.00 bits per heavy atom. The van der Waals surface area contributed by atoms with Crippen LogP contribution >= 0.6 is 0 Å². The maximum Gasteiger partial charge on any atom is 0.222 e. The van der Waals surface area contributed by atoms with E-state index >= 15 is 0 Å². The SMILES string of the molecule is COc1ccccc1CC(C)N(C)C(=O)CCC(C)O. The third-order valence-electron chi connectivity index (χ3n) is 3.54. The Kier molecular flexibility index (Phi) is 6.52.